The van der Waals surface area contributed by atoms with Gasteiger partial charge >= 0.3 is 0 Å². The van der Waals surface area contributed by atoms with Crippen molar-refractivity contribution in [3.8, 4) is 17.2 Å². The highest BCUT2D eigenvalue weighted by Crippen LogP contribution is 2.39. The molecule has 0 saturated carbocycles. The molecule has 1 fully saturated rings. The molecular formula is C24H32N2O4. The fraction of sp³-hybridized carbons (Fsp3) is 0.458. The van der Waals surface area contributed by atoms with E-state index in [1.807, 2.05) is 17.9 Å². The molecule has 0 aliphatic carbocycles. The number of carbonyl (C=O) groups excluding carboxylic acids is 1. The zero-order valence-corrected chi connectivity index (χ0v) is 18.6. The van der Waals surface area contributed by atoms with Gasteiger partial charge in [-0.2, -0.15) is 0 Å². The highest BCUT2D eigenvalue weighted by molar-refractivity contribution is 5.96. The van der Waals surface area contributed by atoms with Crippen molar-refractivity contribution < 1.29 is 19.0 Å². The monoisotopic (exact) mass is 412 g/mol. The highest BCUT2D eigenvalue weighted by atomic mass is 16.5. The molecule has 1 aliphatic rings. The summed E-state index contributed by atoms with van der Waals surface area (Å²) >= 11 is 0. The second-order valence-electron chi connectivity index (χ2n) is 7.53. The molecule has 6 nitrogen and oxygen atoms in total. The molecule has 2 unspecified atom stereocenters. The summed E-state index contributed by atoms with van der Waals surface area (Å²) in [5.74, 6) is 1.45. The van der Waals surface area contributed by atoms with Crippen molar-refractivity contribution in [1.82, 2.24) is 9.80 Å². The fourth-order valence-corrected chi connectivity index (χ4v) is 4.25. The van der Waals surface area contributed by atoms with Crippen LogP contribution < -0.4 is 14.2 Å². The van der Waals surface area contributed by atoms with E-state index in [-0.39, 0.29) is 11.9 Å². The Morgan fingerprint density at radius 3 is 2.27 bits per heavy atom. The van der Waals surface area contributed by atoms with Crippen molar-refractivity contribution in [1.29, 1.82) is 0 Å². The van der Waals surface area contributed by atoms with E-state index in [9.17, 15) is 4.79 Å². The highest BCUT2D eigenvalue weighted by Gasteiger charge is 2.33. The molecule has 2 aromatic carbocycles. The van der Waals surface area contributed by atoms with Gasteiger partial charge in [0.05, 0.1) is 21.3 Å². The lowest BCUT2D eigenvalue weighted by Crippen LogP contribution is -2.42. The maximum Gasteiger partial charge on any atom is 0.254 e. The molecule has 0 radical (unpaired) electrons. The van der Waals surface area contributed by atoms with E-state index in [1.165, 1.54) is 5.56 Å². The molecule has 1 aliphatic heterocycles. The molecule has 1 heterocycles. The first-order valence-corrected chi connectivity index (χ1v) is 10.4. The van der Waals surface area contributed by atoms with Crippen molar-refractivity contribution in [2.45, 2.75) is 32.4 Å². The van der Waals surface area contributed by atoms with Crippen LogP contribution in [0, 0.1) is 0 Å². The van der Waals surface area contributed by atoms with Gasteiger partial charge in [-0.1, -0.05) is 30.3 Å². The number of rotatable bonds is 8. The van der Waals surface area contributed by atoms with Gasteiger partial charge in [-0.15, -0.1) is 0 Å². The van der Waals surface area contributed by atoms with E-state index in [4.69, 9.17) is 14.2 Å². The molecule has 30 heavy (non-hydrogen) atoms. The largest absolute Gasteiger partial charge is 0.493 e. The third-order valence-corrected chi connectivity index (χ3v) is 5.98. The van der Waals surface area contributed by atoms with Crippen molar-refractivity contribution in [2.75, 3.05) is 41.0 Å². The van der Waals surface area contributed by atoms with Crippen LogP contribution in [0.2, 0.25) is 0 Å². The first kappa shape index (κ1) is 22.0. The maximum atomic E-state index is 13.4. The molecule has 1 saturated heterocycles. The average molecular weight is 413 g/mol. The molecular weight excluding hydrogens is 380 g/mol. The number of hydrogen-bond acceptors (Lipinski definition) is 5. The third-order valence-electron chi connectivity index (χ3n) is 5.98. The van der Waals surface area contributed by atoms with Crippen LogP contribution in [-0.2, 0) is 0 Å². The second-order valence-corrected chi connectivity index (χ2v) is 7.53. The molecule has 162 valence electrons. The molecule has 6 heteroatoms. The number of ether oxygens (including phenoxy) is 3. The van der Waals surface area contributed by atoms with Gasteiger partial charge in [0.15, 0.2) is 11.5 Å². The smallest absolute Gasteiger partial charge is 0.254 e. The molecule has 0 spiro atoms. The summed E-state index contributed by atoms with van der Waals surface area (Å²) in [6, 6.07) is 14.5. The summed E-state index contributed by atoms with van der Waals surface area (Å²) in [6.07, 6.45) is 0.960. The lowest BCUT2D eigenvalue weighted by atomic mass is 10.1. The molecule has 1 amide bonds. The molecule has 0 bridgehead atoms. The first-order valence-electron chi connectivity index (χ1n) is 10.4. The number of likely N-dealkylation sites (N-methyl/N-ethyl adjacent to an activating group) is 1. The Labute approximate surface area is 179 Å². The maximum absolute atomic E-state index is 13.4. The van der Waals surface area contributed by atoms with Gasteiger partial charge < -0.3 is 19.1 Å². The van der Waals surface area contributed by atoms with Gasteiger partial charge in [-0.3, -0.25) is 9.69 Å². The standard InChI is InChI=1S/C24H32N2O4/c1-6-26(20-12-13-25(16-20)17(2)18-10-8-7-9-11-18)24(27)19-14-21(28-3)23(30-5)22(15-19)29-4/h7-11,14-15,17,20H,6,12-13,16H2,1-5H3. The number of hydrogen-bond donors (Lipinski definition) is 0. The Balaban J connectivity index is 1.79. The van der Waals surface area contributed by atoms with Crippen molar-refractivity contribution in [3.63, 3.8) is 0 Å². The third kappa shape index (κ3) is 4.38. The fourth-order valence-electron chi connectivity index (χ4n) is 4.25. The van der Waals surface area contributed by atoms with Gasteiger partial charge in [0, 0.05) is 37.3 Å². The lowest BCUT2D eigenvalue weighted by Gasteiger charge is -2.30. The molecule has 3 rings (SSSR count). The second kappa shape index (κ2) is 9.85. The lowest BCUT2D eigenvalue weighted by molar-refractivity contribution is 0.0688. The summed E-state index contributed by atoms with van der Waals surface area (Å²) in [4.78, 5) is 17.8. The minimum absolute atomic E-state index is 0.0176. The number of carbonyl (C=O) groups is 1. The summed E-state index contributed by atoms with van der Waals surface area (Å²) in [5, 5.41) is 0. The summed E-state index contributed by atoms with van der Waals surface area (Å²) in [6.45, 7) is 6.74. The van der Waals surface area contributed by atoms with Gasteiger partial charge in [0.1, 0.15) is 0 Å². The SMILES string of the molecule is CCN(C(=O)c1cc(OC)c(OC)c(OC)c1)C1CCN(C(C)c2ccccc2)C1. The number of methoxy groups -OCH3 is 3. The summed E-state index contributed by atoms with van der Waals surface area (Å²) in [5.41, 5.74) is 1.85. The van der Waals surface area contributed by atoms with E-state index >= 15 is 0 Å². The molecule has 0 N–H and O–H groups in total. The van der Waals surface area contributed by atoms with Crippen molar-refractivity contribution >= 4 is 5.91 Å². The van der Waals surface area contributed by atoms with E-state index in [0.29, 0.717) is 35.4 Å². The topological polar surface area (TPSA) is 51.2 Å². The predicted octanol–water partition coefficient (Wildman–Crippen LogP) is 4.01. The molecule has 0 aromatic heterocycles. The number of nitrogens with zero attached hydrogens (tertiary/aromatic N) is 2. The van der Waals surface area contributed by atoms with Crippen LogP contribution in [0.4, 0.5) is 0 Å². The average Bonchev–Trinajstić information content (AvgIpc) is 3.28. The quantitative estimate of drug-likeness (QED) is 0.656. The van der Waals surface area contributed by atoms with E-state index in [0.717, 1.165) is 19.5 Å². The van der Waals surface area contributed by atoms with Crippen LogP contribution >= 0.6 is 0 Å². The first-order chi connectivity index (χ1) is 14.5. The Bertz CT molecular complexity index is 831. The van der Waals surface area contributed by atoms with Crippen LogP contribution in [0.1, 0.15) is 42.2 Å². The van der Waals surface area contributed by atoms with Crippen LogP contribution in [0.3, 0.4) is 0 Å². The Hall–Kier alpha value is -2.73. The number of amides is 1. The van der Waals surface area contributed by atoms with Crippen LogP contribution in [0.5, 0.6) is 17.2 Å². The van der Waals surface area contributed by atoms with E-state index < -0.39 is 0 Å². The molecule has 2 aromatic rings. The zero-order valence-electron chi connectivity index (χ0n) is 18.6. The van der Waals surface area contributed by atoms with Gasteiger partial charge in [-0.05, 0) is 38.0 Å². The van der Waals surface area contributed by atoms with Crippen LogP contribution in [-0.4, -0.2) is 62.7 Å². The minimum atomic E-state index is -0.0176. The predicted molar refractivity (Wildman–Crippen MR) is 118 cm³/mol. The van der Waals surface area contributed by atoms with Crippen molar-refractivity contribution in [2.24, 2.45) is 0 Å². The van der Waals surface area contributed by atoms with Gasteiger partial charge in [0.25, 0.3) is 5.91 Å². The van der Waals surface area contributed by atoms with Crippen molar-refractivity contribution in [3.05, 3.63) is 53.6 Å². The number of likely N-dealkylation sites (tertiary alicyclic amines) is 1. The van der Waals surface area contributed by atoms with Crippen LogP contribution in [0.25, 0.3) is 0 Å². The summed E-state index contributed by atoms with van der Waals surface area (Å²) < 4.78 is 16.2. The normalized spacial score (nSPS) is 17.4. The summed E-state index contributed by atoms with van der Waals surface area (Å²) in [7, 11) is 4.67. The Morgan fingerprint density at radius 1 is 1.10 bits per heavy atom. The Kier molecular flexibility index (Phi) is 7.21. The molecule has 2 atom stereocenters. The zero-order chi connectivity index (χ0) is 21.7. The van der Waals surface area contributed by atoms with E-state index in [2.05, 4.69) is 36.1 Å². The van der Waals surface area contributed by atoms with Crippen LogP contribution in [0.15, 0.2) is 42.5 Å². The van der Waals surface area contributed by atoms with Gasteiger partial charge in [0.2, 0.25) is 5.75 Å². The van der Waals surface area contributed by atoms with E-state index in [1.54, 1.807) is 33.5 Å². The number of benzene rings is 2. The Morgan fingerprint density at radius 2 is 1.73 bits per heavy atom. The van der Waals surface area contributed by atoms with Gasteiger partial charge in [-0.25, -0.2) is 0 Å². The minimum Gasteiger partial charge on any atom is -0.493 e.